The van der Waals surface area contributed by atoms with Gasteiger partial charge in [-0.3, -0.25) is 9.80 Å². The molecule has 2 aliphatic heterocycles. The first-order valence-corrected chi connectivity index (χ1v) is 9.38. The second kappa shape index (κ2) is 7.58. The summed E-state index contributed by atoms with van der Waals surface area (Å²) >= 11 is 5.89. The molecule has 3 heterocycles. The number of β-amino-alcohol motifs (C(OH)–C–C–N with tert-alkyl or cyclic N) is 1. The number of nitrogens with zero attached hydrogens (tertiary/aromatic N) is 4. The van der Waals surface area contributed by atoms with Gasteiger partial charge in [-0.1, -0.05) is 35.9 Å². The Hall–Kier alpha value is -1.57. The highest BCUT2D eigenvalue weighted by atomic mass is 35.5. The largest absolute Gasteiger partial charge is 0.390 e. The normalized spacial score (nSPS) is 25.7. The summed E-state index contributed by atoms with van der Waals surface area (Å²) < 4.78 is 0. The second-order valence-electron chi connectivity index (χ2n) is 7.05. The molecule has 0 radical (unpaired) electrons. The number of hydrogen-bond donors (Lipinski definition) is 2. The lowest BCUT2D eigenvalue weighted by Gasteiger charge is -2.44. The highest BCUT2D eigenvalue weighted by Gasteiger charge is 2.36. The number of aliphatic hydroxyl groups excluding tert-OH is 2. The molecular weight excluding hydrogens is 352 g/mol. The van der Waals surface area contributed by atoms with E-state index in [2.05, 4.69) is 39.1 Å². The average Bonchev–Trinajstić information content (AvgIpc) is 2.67. The summed E-state index contributed by atoms with van der Waals surface area (Å²) in [5, 5.41) is 21.6. The van der Waals surface area contributed by atoms with E-state index in [0.717, 1.165) is 25.9 Å². The van der Waals surface area contributed by atoms with E-state index in [9.17, 15) is 10.2 Å². The molecule has 0 spiro atoms. The zero-order valence-corrected chi connectivity index (χ0v) is 15.3. The molecule has 1 saturated heterocycles. The van der Waals surface area contributed by atoms with Gasteiger partial charge in [0.1, 0.15) is 11.5 Å². The van der Waals surface area contributed by atoms with Crippen LogP contribution >= 0.6 is 11.6 Å². The van der Waals surface area contributed by atoms with Crippen LogP contribution in [0.4, 0.5) is 0 Å². The summed E-state index contributed by atoms with van der Waals surface area (Å²) in [5.41, 5.74) is 3.22. The molecule has 1 fully saturated rings. The van der Waals surface area contributed by atoms with E-state index in [1.807, 2.05) is 4.90 Å². The van der Waals surface area contributed by atoms with Gasteiger partial charge in [0.15, 0.2) is 6.23 Å². The third kappa shape index (κ3) is 3.61. The van der Waals surface area contributed by atoms with Gasteiger partial charge in [-0.05, 0) is 24.0 Å². The number of rotatable bonds is 3. The number of fused-ring (bicyclic) bond motifs is 1. The molecule has 1 unspecified atom stereocenters. The lowest BCUT2D eigenvalue weighted by molar-refractivity contribution is -0.0815. The van der Waals surface area contributed by atoms with Crippen LogP contribution in [0.15, 0.2) is 36.7 Å². The predicted molar refractivity (Wildman–Crippen MR) is 98.5 cm³/mol. The molecule has 1 aromatic carbocycles. The van der Waals surface area contributed by atoms with Crippen molar-refractivity contribution in [3.05, 3.63) is 58.6 Å². The van der Waals surface area contributed by atoms with E-state index in [4.69, 9.17) is 11.6 Å². The molecule has 2 N–H and O–H groups in total. The van der Waals surface area contributed by atoms with Crippen LogP contribution in [0.3, 0.4) is 0 Å². The number of piperidine rings is 1. The third-order valence-corrected chi connectivity index (χ3v) is 5.68. The maximum atomic E-state index is 10.7. The van der Waals surface area contributed by atoms with Crippen molar-refractivity contribution in [2.45, 2.75) is 37.8 Å². The van der Waals surface area contributed by atoms with E-state index >= 15 is 0 Å². The highest BCUT2D eigenvalue weighted by Crippen LogP contribution is 2.28. The number of likely N-dealkylation sites (tertiary alicyclic amines) is 1. The first-order chi connectivity index (χ1) is 12.6. The fourth-order valence-electron chi connectivity index (χ4n) is 4.07. The summed E-state index contributed by atoms with van der Waals surface area (Å²) in [7, 11) is 0. The highest BCUT2D eigenvalue weighted by molar-refractivity contribution is 6.29. The molecule has 0 aliphatic carbocycles. The Kier molecular flexibility index (Phi) is 5.20. The number of aliphatic hydroxyl groups is 2. The molecule has 6 nitrogen and oxygen atoms in total. The fraction of sp³-hybridized carbons (Fsp3) is 0.474. The number of aromatic nitrogens is 2. The molecule has 0 amide bonds. The Morgan fingerprint density at radius 2 is 1.96 bits per heavy atom. The summed E-state index contributed by atoms with van der Waals surface area (Å²) in [6.07, 6.45) is 1.77. The van der Waals surface area contributed by atoms with E-state index in [1.54, 1.807) is 6.07 Å². The zero-order chi connectivity index (χ0) is 18.1. The van der Waals surface area contributed by atoms with Crippen molar-refractivity contribution < 1.29 is 10.2 Å². The van der Waals surface area contributed by atoms with Crippen LogP contribution in [0, 0.1) is 0 Å². The quantitative estimate of drug-likeness (QED) is 0.795. The van der Waals surface area contributed by atoms with E-state index in [0.29, 0.717) is 23.9 Å². The number of hydrogen-bond acceptors (Lipinski definition) is 6. The standard InChI is InChI=1S/C19H23ClN4O2/c20-18-9-15(21-12-22-18)19(26)24-8-6-16(17(25)11-24)23-7-5-13-3-1-2-4-14(13)10-23/h1-4,9,12,16-17,19,25-26H,5-8,10-11H2/t16-,17-,19?/m1/s1. The maximum Gasteiger partial charge on any atom is 0.150 e. The Morgan fingerprint density at radius 3 is 2.73 bits per heavy atom. The smallest absolute Gasteiger partial charge is 0.150 e. The van der Waals surface area contributed by atoms with Gasteiger partial charge in [0.2, 0.25) is 0 Å². The average molecular weight is 375 g/mol. The lowest BCUT2D eigenvalue weighted by atomic mass is 9.94. The van der Waals surface area contributed by atoms with Crippen LogP contribution in [0.1, 0.15) is 29.5 Å². The van der Waals surface area contributed by atoms with Crippen molar-refractivity contribution in [2.75, 3.05) is 19.6 Å². The van der Waals surface area contributed by atoms with Gasteiger partial charge in [0.25, 0.3) is 0 Å². The molecule has 7 heteroatoms. The Balaban J connectivity index is 1.41. The molecule has 0 bridgehead atoms. The van der Waals surface area contributed by atoms with Gasteiger partial charge in [-0.15, -0.1) is 0 Å². The summed E-state index contributed by atoms with van der Waals surface area (Å²) in [5.74, 6) is 0. The summed E-state index contributed by atoms with van der Waals surface area (Å²) in [6, 6.07) is 10.2. The molecule has 138 valence electrons. The Bertz CT molecular complexity index is 775. The van der Waals surface area contributed by atoms with E-state index in [1.165, 1.54) is 17.5 Å². The second-order valence-corrected chi connectivity index (χ2v) is 7.43. The van der Waals surface area contributed by atoms with Crippen molar-refractivity contribution in [1.82, 2.24) is 19.8 Å². The molecule has 2 aromatic rings. The summed E-state index contributed by atoms with van der Waals surface area (Å²) in [6.45, 7) is 2.94. The molecule has 1 aromatic heterocycles. The molecule has 2 aliphatic rings. The van der Waals surface area contributed by atoms with Crippen LogP contribution in [-0.4, -0.2) is 61.8 Å². The van der Waals surface area contributed by atoms with E-state index < -0.39 is 12.3 Å². The van der Waals surface area contributed by atoms with Crippen LogP contribution in [0.25, 0.3) is 0 Å². The molecule has 0 saturated carbocycles. The zero-order valence-electron chi connectivity index (χ0n) is 14.5. The number of halogens is 1. The Labute approximate surface area is 158 Å². The molecular formula is C19H23ClN4O2. The first-order valence-electron chi connectivity index (χ1n) is 9.00. The van der Waals surface area contributed by atoms with Crippen LogP contribution < -0.4 is 0 Å². The van der Waals surface area contributed by atoms with Crippen LogP contribution in [-0.2, 0) is 13.0 Å². The lowest BCUT2D eigenvalue weighted by Crippen LogP contribution is -2.55. The van der Waals surface area contributed by atoms with Gasteiger partial charge in [0, 0.05) is 38.3 Å². The van der Waals surface area contributed by atoms with Gasteiger partial charge in [0.05, 0.1) is 11.8 Å². The number of benzene rings is 1. The SMILES string of the molecule is OC(c1cc(Cl)ncn1)N1CC[C@@H](N2CCc3ccccc3C2)[C@H](O)C1. The van der Waals surface area contributed by atoms with Gasteiger partial charge in [-0.25, -0.2) is 9.97 Å². The fourth-order valence-corrected chi connectivity index (χ4v) is 4.22. The first kappa shape index (κ1) is 17.8. The van der Waals surface area contributed by atoms with Crippen molar-refractivity contribution in [2.24, 2.45) is 0 Å². The molecule has 3 atom stereocenters. The minimum atomic E-state index is -0.881. The topological polar surface area (TPSA) is 72.7 Å². The Morgan fingerprint density at radius 1 is 1.15 bits per heavy atom. The van der Waals surface area contributed by atoms with E-state index in [-0.39, 0.29) is 6.04 Å². The third-order valence-electron chi connectivity index (χ3n) is 5.47. The van der Waals surface area contributed by atoms with Crippen molar-refractivity contribution in [3.8, 4) is 0 Å². The van der Waals surface area contributed by atoms with Gasteiger partial charge >= 0.3 is 0 Å². The molecule has 26 heavy (non-hydrogen) atoms. The van der Waals surface area contributed by atoms with Crippen LogP contribution in [0.5, 0.6) is 0 Å². The van der Waals surface area contributed by atoms with Crippen LogP contribution in [0.2, 0.25) is 5.15 Å². The van der Waals surface area contributed by atoms with Gasteiger partial charge < -0.3 is 10.2 Å². The maximum absolute atomic E-state index is 10.7. The van der Waals surface area contributed by atoms with Gasteiger partial charge in [-0.2, -0.15) is 0 Å². The molecule has 4 rings (SSSR count). The van der Waals surface area contributed by atoms with Crippen molar-refractivity contribution in [1.29, 1.82) is 0 Å². The van der Waals surface area contributed by atoms with Crippen molar-refractivity contribution >= 4 is 11.6 Å². The monoisotopic (exact) mass is 374 g/mol. The summed E-state index contributed by atoms with van der Waals surface area (Å²) in [4.78, 5) is 12.2. The van der Waals surface area contributed by atoms with Crippen molar-refractivity contribution in [3.63, 3.8) is 0 Å². The predicted octanol–water partition coefficient (Wildman–Crippen LogP) is 1.61. The minimum Gasteiger partial charge on any atom is -0.390 e. The minimum absolute atomic E-state index is 0.112.